The van der Waals surface area contributed by atoms with Crippen molar-refractivity contribution in [1.82, 2.24) is 9.88 Å². The van der Waals surface area contributed by atoms with E-state index in [0.717, 1.165) is 17.9 Å². The summed E-state index contributed by atoms with van der Waals surface area (Å²) in [5.74, 6) is 0. The molecule has 1 aromatic carbocycles. The van der Waals surface area contributed by atoms with Crippen LogP contribution in [0.1, 0.15) is 29.4 Å². The largest absolute Gasteiger partial charge is 0.293 e. The van der Waals surface area contributed by atoms with E-state index in [4.69, 9.17) is 5.26 Å². The molecule has 0 radical (unpaired) electrons. The Morgan fingerprint density at radius 3 is 2.55 bits per heavy atom. The van der Waals surface area contributed by atoms with Gasteiger partial charge in [0.05, 0.1) is 18.2 Å². The van der Waals surface area contributed by atoms with Crippen molar-refractivity contribution in [3.8, 4) is 6.07 Å². The molecular weight excluding hydrogens is 246 g/mol. The molecule has 20 heavy (non-hydrogen) atoms. The highest BCUT2D eigenvalue weighted by Gasteiger charge is 2.17. The Kier molecular flexibility index (Phi) is 4.86. The highest BCUT2D eigenvalue weighted by molar-refractivity contribution is 5.20. The van der Waals surface area contributed by atoms with Crippen molar-refractivity contribution in [3.63, 3.8) is 0 Å². The van der Waals surface area contributed by atoms with E-state index in [2.05, 4.69) is 28.1 Å². The Balaban J connectivity index is 2.16. The van der Waals surface area contributed by atoms with Crippen LogP contribution in [0, 0.1) is 18.3 Å². The maximum Gasteiger partial charge on any atom is 0.0641 e. The van der Waals surface area contributed by atoms with Gasteiger partial charge in [-0.25, -0.2) is 0 Å². The van der Waals surface area contributed by atoms with Crippen molar-refractivity contribution in [2.24, 2.45) is 0 Å². The Bertz CT molecular complexity index is 587. The molecule has 3 nitrogen and oxygen atoms in total. The van der Waals surface area contributed by atoms with Crippen molar-refractivity contribution in [3.05, 3.63) is 65.5 Å². The zero-order valence-electron chi connectivity index (χ0n) is 12.0. The van der Waals surface area contributed by atoms with Crippen LogP contribution in [-0.4, -0.2) is 16.9 Å². The van der Waals surface area contributed by atoms with Crippen LogP contribution in [0.2, 0.25) is 0 Å². The minimum Gasteiger partial charge on any atom is -0.293 e. The van der Waals surface area contributed by atoms with Crippen LogP contribution in [0.5, 0.6) is 0 Å². The Morgan fingerprint density at radius 2 is 1.90 bits per heavy atom. The van der Waals surface area contributed by atoms with Gasteiger partial charge in [0.2, 0.25) is 0 Å². The summed E-state index contributed by atoms with van der Waals surface area (Å²) in [7, 11) is 2.04. The van der Waals surface area contributed by atoms with Crippen molar-refractivity contribution < 1.29 is 0 Å². The fourth-order valence-electron chi connectivity index (χ4n) is 2.34. The number of pyridine rings is 1. The predicted octanol–water partition coefficient (Wildman–Crippen LogP) is 3.48. The average molecular weight is 265 g/mol. The van der Waals surface area contributed by atoms with E-state index in [9.17, 15) is 0 Å². The summed E-state index contributed by atoms with van der Waals surface area (Å²) in [6.07, 6.45) is 0.479. The molecule has 102 valence electrons. The lowest BCUT2D eigenvalue weighted by Crippen LogP contribution is -2.24. The lowest BCUT2D eigenvalue weighted by molar-refractivity contribution is 0.236. The molecular formula is C17H19N3. The van der Waals surface area contributed by atoms with Gasteiger partial charge in [-0.2, -0.15) is 5.26 Å². The molecule has 0 aliphatic rings. The average Bonchev–Trinajstić information content (AvgIpc) is 2.45. The molecule has 3 heteroatoms. The van der Waals surface area contributed by atoms with E-state index in [-0.39, 0.29) is 6.04 Å². The van der Waals surface area contributed by atoms with Gasteiger partial charge in [0.15, 0.2) is 0 Å². The number of nitrogens with zero attached hydrogens (tertiary/aromatic N) is 3. The number of aryl methyl sites for hydroxylation is 1. The summed E-state index contributed by atoms with van der Waals surface area (Å²) >= 11 is 0. The maximum atomic E-state index is 9.06. The molecule has 0 N–H and O–H groups in total. The second kappa shape index (κ2) is 6.83. The van der Waals surface area contributed by atoms with Gasteiger partial charge < -0.3 is 0 Å². The van der Waals surface area contributed by atoms with Crippen LogP contribution >= 0.6 is 0 Å². The monoisotopic (exact) mass is 265 g/mol. The van der Waals surface area contributed by atoms with Gasteiger partial charge >= 0.3 is 0 Å². The first-order valence-corrected chi connectivity index (χ1v) is 6.75. The number of benzene rings is 1. The van der Waals surface area contributed by atoms with Gasteiger partial charge in [-0.15, -0.1) is 0 Å². The van der Waals surface area contributed by atoms with Gasteiger partial charge in [-0.1, -0.05) is 36.4 Å². The van der Waals surface area contributed by atoms with Crippen molar-refractivity contribution >= 4 is 0 Å². The number of hydrogen-bond acceptors (Lipinski definition) is 3. The summed E-state index contributed by atoms with van der Waals surface area (Å²) in [5.41, 5.74) is 3.23. The first-order chi connectivity index (χ1) is 9.70. The molecule has 0 saturated heterocycles. The van der Waals surface area contributed by atoms with Crippen LogP contribution < -0.4 is 0 Å². The minimum atomic E-state index is 0.100. The van der Waals surface area contributed by atoms with Gasteiger partial charge in [-0.05, 0) is 31.7 Å². The highest BCUT2D eigenvalue weighted by Crippen LogP contribution is 2.23. The molecule has 1 unspecified atom stereocenters. The van der Waals surface area contributed by atoms with E-state index in [1.165, 1.54) is 5.56 Å². The third-order valence-corrected chi connectivity index (χ3v) is 3.36. The van der Waals surface area contributed by atoms with Crippen LogP contribution in [0.3, 0.4) is 0 Å². The molecule has 2 rings (SSSR count). The summed E-state index contributed by atoms with van der Waals surface area (Å²) in [6.45, 7) is 2.73. The second-order valence-electron chi connectivity index (χ2n) is 4.97. The van der Waals surface area contributed by atoms with Crippen LogP contribution in [-0.2, 0) is 6.54 Å². The summed E-state index contributed by atoms with van der Waals surface area (Å²) in [5, 5.41) is 9.06. The Morgan fingerprint density at radius 1 is 1.15 bits per heavy atom. The molecule has 0 bridgehead atoms. The zero-order valence-corrected chi connectivity index (χ0v) is 12.0. The third kappa shape index (κ3) is 3.66. The Hall–Kier alpha value is -2.18. The number of hydrogen-bond donors (Lipinski definition) is 0. The fourth-order valence-corrected chi connectivity index (χ4v) is 2.34. The van der Waals surface area contributed by atoms with Crippen LogP contribution in [0.25, 0.3) is 0 Å². The van der Waals surface area contributed by atoms with Gasteiger partial charge in [0.25, 0.3) is 0 Å². The minimum absolute atomic E-state index is 0.100. The van der Waals surface area contributed by atoms with E-state index < -0.39 is 0 Å². The first-order valence-electron chi connectivity index (χ1n) is 6.75. The van der Waals surface area contributed by atoms with Crippen LogP contribution in [0.4, 0.5) is 0 Å². The third-order valence-electron chi connectivity index (χ3n) is 3.36. The second-order valence-corrected chi connectivity index (χ2v) is 4.97. The molecule has 0 saturated carbocycles. The number of rotatable bonds is 5. The quantitative estimate of drug-likeness (QED) is 0.831. The lowest BCUT2D eigenvalue weighted by Gasteiger charge is -2.26. The zero-order chi connectivity index (χ0) is 14.4. The lowest BCUT2D eigenvalue weighted by atomic mass is 10.0. The molecule has 1 heterocycles. The van der Waals surface area contributed by atoms with E-state index in [1.54, 1.807) is 0 Å². The van der Waals surface area contributed by atoms with Gasteiger partial charge in [-0.3, -0.25) is 9.88 Å². The van der Waals surface area contributed by atoms with E-state index in [0.29, 0.717) is 6.42 Å². The van der Waals surface area contributed by atoms with E-state index in [1.807, 2.05) is 50.4 Å². The SMILES string of the molecule is Cc1cccc(CN(C)C(CC#N)c2ccccc2)n1. The van der Waals surface area contributed by atoms with Gasteiger partial charge in [0, 0.05) is 18.3 Å². The molecule has 1 aromatic heterocycles. The predicted molar refractivity (Wildman–Crippen MR) is 79.9 cm³/mol. The molecule has 0 aliphatic heterocycles. The fraction of sp³-hybridized carbons (Fsp3) is 0.294. The molecule has 0 aliphatic carbocycles. The smallest absolute Gasteiger partial charge is 0.0641 e. The van der Waals surface area contributed by atoms with Crippen LogP contribution in [0.15, 0.2) is 48.5 Å². The molecule has 1 atom stereocenters. The van der Waals surface area contributed by atoms with Crippen molar-refractivity contribution in [2.75, 3.05) is 7.05 Å². The highest BCUT2D eigenvalue weighted by atomic mass is 15.1. The number of aromatic nitrogens is 1. The summed E-state index contributed by atoms with van der Waals surface area (Å²) in [6, 6.07) is 18.6. The molecule has 0 amide bonds. The topological polar surface area (TPSA) is 39.9 Å². The maximum absolute atomic E-state index is 9.06. The number of nitriles is 1. The van der Waals surface area contributed by atoms with E-state index >= 15 is 0 Å². The first kappa shape index (κ1) is 14.2. The summed E-state index contributed by atoms with van der Waals surface area (Å²) in [4.78, 5) is 6.71. The standard InChI is InChI=1S/C17H19N3/c1-14-7-6-10-16(19-14)13-20(2)17(11-12-18)15-8-4-3-5-9-15/h3-10,17H,11,13H2,1-2H3. The summed E-state index contributed by atoms with van der Waals surface area (Å²) < 4.78 is 0. The van der Waals surface area contributed by atoms with Crippen molar-refractivity contribution in [1.29, 1.82) is 5.26 Å². The normalized spacial score (nSPS) is 12.1. The molecule has 2 aromatic rings. The molecule has 0 fully saturated rings. The Labute approximate surface area is 120 Å². The van der Waals surface area contributed by atoms with Crippen molar-refractivity contribution in [2.45, 2.75) is 25.9 Å². The molecule has 0 spiro atoms. The van der Waals surface area contributed by atoms with Gasteiger partial charge in [0.1, 0.15) is 0 Å².